The quantitative estimate of drug-likeness (QED) is 0.0690. The second kappa shape index (κ2) is 29.1. The molecule has 0 N–H and O–H groups in total. The average molecular weight is 529 g/mol. The number of hydrogen-bond donors (Lipinski definition) is 0. The molecule has 0 unspecified atom stereocenters. The van der Waals surface area contributed by atoms with Crippen LogP contribution in [-0.4, -0.2) is 0 Å². The average Bonchev–Trinajstić information content (AvgIpc) is 2.94. The van der Waals surface area contributed by atoms with Crippen molar-refractivity contribution in [1.29, 1.82) is 0 Å². The molecule has 0 aliphatic rings. The van der Waals surface area contributed by atoms with Gasteiger partial charge in [0.25, 0.3) is 0 Å². The van der Waals surface area contributed by atoms with Crippen molar-refractivity contribution < 1.29 is 4.57 Å². The van der Waals surface area contributed by atoms with E-state index in [4.69, 9.17) is 0 Å². The molecule has 1 heteroatoms. The number of aryl methyl sites for hydroxylation is 2. The molecule has 0 bridgehead atoms. The Labute approximate surface area is 241 Å². The SMILES string of the molecule is CCCCCCCCCCCCCCCCCCC[n+]1ccc(CCCCCCCCCCCCC)cc1. The van der Waals surface area contributed by atoms with E-state index in [9.17, 15) is 0 Å². The summed E-state index contributed by atoms with van der Waals surface area (Å²) in [6.45, 7) is 5.80. The summed E-state index contributed by atoms with van der Waals surface area (Å²) in [6, 6.07) is 4.73. The van der Waals surface area contributed by atoms with Crippen molar-refractivity contribution in [2.75, 3.05) is 0 Å². The normalized spacial score (nSPS) is 11.4. The van der Waals surface area contributed by atoms with Crippen molar-refractivity contribution in [2.24, 2.45) is 0 Å². The predicted octanol–water partition coefficient (Wildman–Crippen LogP) is 12.5. The van der Waals surface area contributed by atoms with Gasteiger partial charge in [-0.3, -0.25) is 0 Å². The third kappa shape index (κ3) is 24.2. The van der Waals surface area contributed by atoms with E-state index in [0.717, 1.165) is 0 Å². The fourth-order valence-electron chi connectivity index (χ4n) is 5.82. The number of aromatic nitrogens is 1. The van der Waals surface area contributed by atoms with Crippen molar-refractivity contribution in [1.82, 2.24) is 0 Å². The number of nitrogens with zero attached hydrogens (tertiary/aromatic N) is 1. The minimum Gasteiger partial charge on any atom is -0.205 e. The first-order chi connectivity index (χ1) is 18.9. The van der Waals surface area contributed by atoms with E-state index in [2.05, 4.69) is 42.9 Å². The first-order valence-electron chi connectivity index (χ1n) is 17.8. The van der Waals surface area contributed by atoms with E-state index in [1.165, 1.54) is 198 Å². The van der Waals surface area contributed by atoms with Crippen LogP contribution in [-0.2, 0) is 13.0 Å². The molecule has 1 aromatic heterocycles. The Hall–Kier alpha value is -0.850. The lowest BCUT2D eigenvalue weighted by Gasteiger charge is -2.04. The molecule has 1 nitrogen and oxygen atoms in total. The molecule has 0 saturated carbocycles. The number of hydrogen-bond acceptors (Lipinski definition) is 0. The highest BCUT2D eigenvalue weighted by atomic mass is 14.9. The Kier molecular flexibility index (Phi) is 27.0. The van der Waals surface area contributed by atoms with E-state index in [1.54, 1.807) is 0 Å². The summed E-state index contributed by atoms with van der Waals surface area (Å²) in [5, 5.41) is 0. The standard InChI is InChI=1S/C37H70N/c1-3-5-7-9-11-13-15-16-17-18-19-20-22-24-26-28-30-34-38-35-32-37(33-36-38)31-29-27-25-23-21-14-12-10-8-6-4-2/h32-33,35-36H,3-31,34H2,1-2H3/q+1. The molecule has 1 rings (SSSR count). The fourth-order valence-corrected chi connectivity index (χ4v) is 5.82. The number of rotatable bonds is 30. The van der Waals surface area contributed by atoms with E-state index in [-0.39, 0.29) is 0 Å². The predicted molar refractivity (Wildman–Crippen MR) is 171 cm³/mol. The van der Waals surface area contributed by atoms with Crippen LogP contribution in [0.15, 0.2) is 24.5 Å². The lowest BCUT2D eigenvalue weighted by molar-refractivity contribution is -0.697. The van der Waals surface area contributed by atoms with Crippen molar-refractivity contribution in [2.45, 2.75) is 207 Å². The molecule has 0 spiro atoms. The van der Waals surface area contributed by atoms with E-state index in [1.807, 2.05) is 0 Å². The van der Waals surface area contributed by atoms with Gasteiger partial charge in [0, 0.05) is 18.6 Å². The highest BCUT2D eigenvalue weighted by Crippen LogP contribution is 2.15. The first kappa shape index (κ1) is 35.2. The van der Waals surface area contributed by atoms with Gasteiger partial charge in [-0.25, -0.2) is 4.57 Å². The van der Waals surface area contributed by atoms with Gasteiger partial charge in [-0.1, -0.05) is 174 Å². The zero-order valence-corrected chi connectivity index (χ0v) is 26.5. The second-order valence-electron chi connectivity index (χ2n) is 12.4. The molecule has 0 fully saturated rings. The molecule has 0 saturated heterocycles. The van der Waals surface area contributed by atoms with Crippen molar-refractivity contribution in [3.05, 3.63) is 30.1 Å². The van der Waals surface area contributed by atoms with Crippen LogP contribution in [0.3, 0.4) is 0 Å². The van der Waals surface area contributed by atoms with Crippen LogP contribution in [0.4, 0.5) is 0 Å². The second-order valence-corrected chi connectivity index (χ2v) is 12.4. The first-order valence-corrected chi connectivity index (χ1v) is 17.8. The summed E-state index contributed by atoms with van der Waals surface area (Å²) in [5.41, 5.74) is 1.53. The van der Waals surface area contributed by atoms with E-state index in [0.29, 0.717) is 0 Å². The molecule has 1 heterocycles. The third-order valence-corrected chi connectivity index (χ3v) is 8.55. The summed E-state index contributed by atoms with van der Waals surface area (Å²) in [6.07, 6.45) is 46.2. The topological polar surface area (TPSA) is 3.88 Å². The Morgan fingerprint density at radius 2 is 0.658 bits per heavy atom. The van der Waals surface area contributed by atoms with Gasteiger partial charge in [0.2, 0.25) is 0 Å². The van der Waals surface area contributed by atoms with Crippen LogP contribution < -0.4 is 4.57 Å². The van der Waals surface area contributed by atoms with Gasteiger partial charge >= 0.3 is 0 Å². The zero-order valence-electron chi connectivity index (χ0n) is 26.5. The molecule has 0 atom stereocenters. The zero-order chi connectivity index (χ0) is 27.2. The highest BCUT2D eigenvalue weighted by molar-refractivity contribution is 5.07. The molecular weight excluding hydrogens is 458 g/mol. The van der Waals surface area contributed by atoms with Gasteiger partial charge in [0.15, 0.2) is 12.4 Å². The van der Waals surface area contributed by atoms with Gasteiger partial charge in [0.05, 0.1) is 0 Å². The van der Waals surface area contributed by atoms with Gasteiger partial charge < -0.3 is 0 Å². The van der Waals surface area contributed by atoms with E-state index >= 15 is 0 Å². The Balaban J connectivity index is 1.82. The molecule has 38 heavy (non-hydrogen) atoms. The van der Waals surface area contributed by atoms with Gasteiger partial charge in [-0.05, 0) is 24.8 Å². The Morgan fingerprint density at radius 1 is 0.368 bits per heavy atom. The molecule has 222 valence electrons. The summed E-state index contributed by atoms with van der Waals surface area (Å²) in [4.78, 5) is 0. The number of pyridine rings is 1. The summed E-state index contributed by atoms with van der Waals surface area (Å²) < 4.78 is 2.40. The van der Waals surface area contributed by atoms with Crippen LogP contribution in [0.5, 0.6) is 0 Å². The lowest BCUT2D eigenvalue weighted by Crippen LogP contribution is -2.32. The van der Waals surface area contributed by atoms with Crippen molar-refractivity contribution in [3.63, 3.8) is 0 Å². The van der Waals surface area contributed by atoms with Gasteiger partial charge in [-0.15, -0.1) is 0 Å². The third-order valence-electron chi connectivity index (χ3n) is 8.55. The van der Waals surface area contributed by atoms with Crippen LogP contribution in [0.2, 0.25) is 0 Å². The van der Waals surface area contributed by atoms with E-state index < -0.39 is 0 Å². The molecule has 0 amide bonds. The number of unbranched alkanes of at least 4 members (excludes halogenated alkanes) is 26. The lowest BCUT2D eigenvalue weighted by atomic mass is 10.0. The molecular formula is C37H70N+. The van der Waals surface area contributed by atoms with Crippen LogP contribution in [0, 0.1) is 0 Å². The van der Waals surface area contributed by atoms with Crippen LogP contribution in [0.25, 0.3) is 0 Å². The fraction of sp³-hybridized carbons (Fsp3) is 0.865. The maximum absolute atomic E-state index is 2.40. The largest absolute Gasteiger partial charge is 0.205 e. The van der Waals surface area contributed by atoms with Crippen LogP contribution >= 0.6 is 0 Å². The van der Waals surface area contributed by atoms with Crippen molar-refractivity contribution in [3.8, 4) is 0 Å². The summed E-state index contributed by atoms with van der Waals surface area (Å²) in [5.74, 6) is 0. The smallest absolute Gasteiger partial charge is 0.169 e. The molecule has 0 aliphatic carbocycles. The minimum atomic E-state index is 1.19. The van der Waals surface area contributed by atoms with Crippen molar-refractivity contribution >= 4 is 0 Å². The monoisotopic (exact) mass is 529 g/mol. The van der Waals surface area contributed by atoms with Gasteiger partial charge in [0.1, 0.15) is 6.54 Å². The highest BCUT2D eigenvalue weighted by Gasteiger charge is 2.02. The van der Waals surface area contributed by atoms with Gasteiger partial charge in [-0.2, -0.15) is 0 Å². The molecule has 1 aromatic rings. The Morgan fingerprint density at radius 3 is 1.00 bits per heavy atom. The maximum atomic E-state index is 2.40. The van der Waals surface area contributed by atoms with Crippen LogP contribution in [0.1, 0.15) is 199 Å². The molecule has 0 radical (unpaired) electrons. The molecule has 0 aromatic carbocycles. The molecule has 0 aliphatic heterocycles. The maximum Gasteiger partial charge on any atom is 0.169 e. The Bertz CT molecular complexity index is 563. The minimum absolute atomic E-state index is 1.19. The summed E-state index contributed by atoms with van der Waals surface area (Å²) >= 11 is 0. The summed E-state index contributed by atoms with van der Waals surface area (Å²) in [7, 11) is 0.